The van der Waals surface area contributed by atoms with E-state index in [2.05, 4.69) is 20.5 Å². The van der Waals surface area contributed by atoms with Crippen LogP contribution in [0.4, 0.5) is 13.9 Å². The smallest absolute Gasteiger partial charge is 0.246 e. The molecule has 1 aromatic heterocycles. The highest BCUT2D eigenvalue weighted by molar-refractivity contribution is 7.13. The highest BCUT2D eigenvalue weighted by Crippen LogP contribution is 2.31. The number of piperidine rings is 1. The molecule has 2 aromatic rings. The van der Waals surface area contributed by atoms with Crippen LogP contribution in [-0.4, -0.2) is 40.5 Å². The number of hydrogen-bond donors (Lipinski definition) is 2. The van der Waals surface area contributed by atoms with Crippen LogP contribution < -0.4 is 10.6 Å². The van der Waals surface area contributed by atoms with E-state index in [9.17, 15) is 13.6 Å². The number of halogens is 2. The molecule has 0 unspecified atom stereocenters. The molecule has 1 saturated heterocycles. The number of nitrogens with one attached hydrogen (secondary N) is 2. The number of rotatable bonds is 6. The molecule has 1 aliphatic carbocycles. The summed E-state index contributed by atoms with van der Waals surface area (Å²) in [6.07, 6.45) is 5.07. The van der Waals surface area contributed by atoms with Gasteiger partial charge in [-0.05, 0) is 43.4 Å². The molecule has 2 heterocycles. The highest BCUT2D eigenvalue weighted by atomic mass is 32.1. The van der Waals surface area contributed by atoms with Crippen LogP contribution in [-0.2, 0) is 11.3 Å². The van der Waals surface area contributed by atoms with Gasteiger partial charge in [-0.2, -0.15) is 0 Å². The van der Waals surface area contributed by atoms with Crippen molar-refractivity contribution >= 4 is 22.4 Å². The summed E-state index contributed by atoms with van der Waals surface area (Å²) in [4.78, 5) is 19.4. The molecule has 1 amide bonds. The predicted octanol–water partition coefficient (Wildman–Crippen LogP) is 3.15. The molecule has 1 saturated carbocycles. The van der Waals surface area contributed by atoms with Crippen LogP contribution in [0.5, 0.6) is 0 Å². The van der Waals surface area contributed by atoms with Gasteiger partial charge in [-0.3, -0.25) is 9.69 Å². The normalized spacial score (nSPS) is 19.6. The standard InChI is InChI=1S/C19H22F2N4OS/c20-15-4-1-13(11-16(15)21)12-25-8-5-19(6-9-25,17(26)23-14-2-3-14)24-18-22-7-10-27-18/h1,4,7,10-11,14H,2-3,5-6,8-9,12H2,(H,22,24)(H,23,26). The molecule has 2 aliphatic rings. The summed E-state index contributed by atoms with van der Waals surface area (Å²) in [5.74, 6) is -1.62. The molecular formula is C19H22F2N4OS. The molecule has 0 radical (unpaired) electrons. The van der Waals surface area contributed by atoms with E-state index in [0.717, 1.165) is 29.6 Å². The first-order valence-electron chi connectivity index (χ1n) is 9.19. The highest BCUT2D eigenvalue weighted by Gasteiger charge is 2.43. The zero-order valence-corrected chi connectivity index (χ0v) is 15.7. The van der Waals surface area contributed by atoms with Gasteiger partial charge in [-0.25, -0.2) is 13.8 Å². The maximum atomic E-state index is 13.4. The lowest BCUT2D eigenvalue weighted by Gasteiger charge is -2.41. The molecule has 4 rings (SSSR count). The lowest BCUT2D eigenvalue weighted by atomic mass is 9.86. The lowest BCUT2D eigenvalue weighted by Crippen LogP contribution is -2.58. The first-order chi connectivity index (χ1) is 13.0. The van der Waals surface area contributed by atoms with Crippen molar-refractivity contribution < 1.29 is 13.6 Å². The summed E-state index contributed by atoms with van der Waals surface area (Å²) in [5, 5.41) is 9.12. The van der Waals surface area contributed by atoms with Gasteiger partial charge in [0.2, 0.25) is 5.91 Å². The summed E-state index contributed by atoms with van der Waals surface area (Å²) in [5.41, 5.74) is 0.0575. The third-order valence-electron chi connectivity index (χ3n) is 5.23. The van der Waals surface area contributed by atoms with Crippen LogP contribution in [0.1, 0.15) is 31.2 Å². The van der Waals surface area contributed by atoms with Crippen molar-refractivity contribution in [2.75, 3.05) is 18.4 Å². The fourth-order valence-electron chi connectivity index (χ4n) is 3.44. The Kier molecular flexibility index (Phi) is 5.10. The number of carbonyl (C=O) groups is 1. The van der Waals surface area contributed by atoms with Crippen LogP contribution in [0.25, 0.3) is 0 Å². The first-order valence-corrected chi connectivity index (χ1v) is 10.1. The number of nitrogens with zero attached hydrogens (tertiary/aromatic N) is 2. The van der Waals surface area contributed by atoms with E-state index in [0.29, 0.717) is 38.5 Å². The van der Waals surface area contributed by atoms with Crippen LogP contribution in [0.15, 0.2) is 29.8 Å². The molecule has 0 bridgehead atoms. The van der Waals surface area contributed by atoms with Gasteiger partial charge < -0.3 is 10.6 Å². The van der Waals surface area contributed by atoms with Gasteiger partial charge in [0.25, 0.3) is 0 Å². The third kappa shape index (κ3) is 4.27. The van der Waals surface area contributed by atoms with Crippen molar-refractivity contribution in [1.82, 2.24) is 15.2 Å². The van der Waals surface area contributed by atoms with Crippen molar-refractivity contribution in [2.24, 2.45) is 0 Å². The van der Waals surface area contributed by atoms with Crippen molar-refractivity contribution in [3.05, 3.63) is 47.0 Å². The Morgan fingerprint density at radius 2 is 2.04 bits per heavy atom. The largest absolute Gasteiger partial charge is 0.351 e. The minimum atomic E-state index is -0.833. The second-order valence-corrected chi connectivity index (χ2v) is 8.21. The van der Waals surface area contributed by atoms with Gasteiger partial charge in [-0.1, -0.05) is 6.07 Å². The fourth-order valence-corrected chi connectivity index (χ4v) is 4.07. The second kappa shape index (κ2) is 7.52. The molecule has 2 N–H and O–H groups in total. The molecule has 8 heteroatoms. The van der Waals surface area contributed by atoms with E-state index in [4.69, 9.17) is 0 Å². The van der Waals surface area contributed by atoms with Gasteiger partial charge in [0.15, 0.2) is 16.8 Å². The summed E-state index contributed by atoms with van der Waals surface area (Å²) in [6, 6.07) is 4.30. The first kappa shape index (κ1) is 18.3. The number of likely N-dealkylation sites (tertiary alicyclic amines) is 1. The quantitative estimate of drug-likeness (QED) is 0.793. The van der Waals surface area contributed by atoms with E-state index in [1.165, 1.54) is 17.4 Å². The zero-order valence-electron chi connectivity index (χ0n) is 14.9. The number of carbonyl (C=O) groups excluding carboxylic acids is 1. The Hall–Kier alpha value is -2.06. The van der Waals surface area contributed by atoms with Crippen molar-refractivity contribution in [2.45, 2.75) is 43.8 Å². The molecule has 1 aliphatic heterocycles. The Bertz CT molecular complexity index is 802. The van der Waals surface area contributed by atoms with E-state index in [1.54, 1.807) is 12.3 Å². The molecule has 27 heavy (non-hydrogen) atoms. The number of hydrogen-bond acceptors (Lipinski definition) is 5. The summed E-state index contributed by atoms with van der Waals surface area (Å²) >= 11 is 1.48. The van der Waals surface area contributed by atoms with Gasteiger partial charge in [0.05, 0.1) is 0 Å². The monoisotopic (exact) mass is 392 g/mol. The lowest BCUT2D eigenvalue weighted by molar-refractivity contribution is -0.127. The third-order valence-corrected chi connectivity index (χ3v) is 5.91. The Morgan fingerprint density at radius 3 is 2.67 bits per heavy atom. The predicted molar refractivity (Wildman–Crippen MR) is 101 cm³/mol. The van der Waals surface area contributed by atoms with Crippen LogP contribution in [0, 0.1) is 11.6 Å². The summed E-state index contributed by atoms with van der Waals surface area (Å²) < 4.78 is 26.6. The van der Waals surface area contributed by atoms with Gasteiger partial charge in [0, 0.05) is 37.3 Å². The Morgan fingerprint density at radius 1 is 1.26 bits per heavy atom. The van der Waals surface area contributed by atoms with E-state index >= 15 is 0 Å². The fraction of sp³-hybridized carbons (Fsp3) is 0.474. The minimum absolute atomic E-state index is 0.0349. The van der Waals surface area contributed by atoms with E-state index < -0.39 is 17.2 Å². The molecule has 144 valence electrons. The average molecular weight is 392 g/mol. The Labute approximate surface area is 160 Å². The molecular weight excluding hydrogens is 370 g/mol. The second-order valence-electron chi connectivity index (χ2n) is 7.32. The van der Waals surface area contributed by atoms with Gasteiger partial charge in [-0.15, -0.1) is 11.3 Å². The number of thiazole rings is 1. The SMILES string of the molecule is O=C(NC1CC1)C1(Nc2nccs2)CCN(Cc2ccc(F)c(F)c2)CC1. The molecule has 0 atom stereocenters. The van der Waals surface area contributed by atoms with E-state index in [-0.39, 0.29) is 5.91 Å². The number of anilines is 1. The van der Waals surface area contributed by atoms with Crippen LogP contribution >= 0.6 is 11.3 Å². The number of amides is 1. The Balaban J connectivity index is 1.43. The number of benzene rings is 1. The van der Waals surface area contributed by atoms with Crippen LogP contribution in [0.2, 0.25) is 0 Å². The number of aromatic nitrogens is 1. The molecule has 0 spiro atoms. The maximum Gasteiger partial charge on any atom is 0.246 e. The minimum Gasteiger partial charge on any atom is -0.351 e. The maximum absolute atomic E-state index is 13.4. The molecule has 2 fully saturated rings. The zero-order chi connectivity index (χ0) is 18.9. The van der Waals surface area contributed by atoms with Crippen molar-refractivity contribution in [3.8, 4) is 0 Å². The van der Waals surface area contributed by atoms with Gasteiger partial charge in [0.1, 0.15) is 5.54 Å². The van der Waals surface area contributed by atoms with E-state index in [1.807, 2.05) is 5.38 Å². The summed E-state index contributed by atoms with van der Waals surface area (Å²) in [6.45, 7) is 1.92. The topological polar surface area (TPSA) is 57.3 Å². The van der Waals surface area contributed by atoms with Crippen molar-refractivity contribution in [1.29, 1.82) is 0 Å². The molecule has 1 aromatic carbocycles. The average Bonchev–Trinajstić information content (AvgIpc) is 3.33. The van der Waals surface area contributed by atoms with Crippen molar-refractivity contribution in [3.63, 3.8) is 0 Å². The van der Waals surface area contributed by atoms with Crippen LogP contribution in [0.3, 0.4) is 0 Å². The molecule has 5 nitrogen and oxygen atoms in total. The summed E-state index contributed by atoms with van der Waals surface area (Å²) in [7, 11) is 0. The van der Waals surface area contributed by atoms with Gasteiger partial charge >= 0.3 is 0 Å².